The van der Waals surface area contributed by atoms with Gasteiger partial charge in [-0.1, -0.05) is 6.08 Å². The van der Waals surface area contributed by atoms with Gasteiger partial charge in [0.15, 0.2) is 6.10 Å². The molecule has 94 valence electrons. The summed E-state index contributed by atoms with van der Waals surface area (Å²) in [5.41, 5.74) is -0.829. The molecule has 2 fully saturated rings. The van der Waals surface area contributed by atoms with Gasteiger partial charge in [0.05, 0.1) is 0 Å². The molecule has 0 aromatic carbocycles. The number of esters is 1. The molecule has 1 amide bonds. The largest absolute Gasteiger partial charge is 0.450 e. The van der Waals surface area contributed by atoms with Crippen LogP contribution in [0.5, 0.6) is 0 Å². The maximum absolute atomic E-state index is 12.1. The quantitative estimate of drug-likeness (QED) is 0.563. The van der Waals surface area contributed by atoms with Crippen LogP contribution in [0, 0.1) is 0 Å². The van der Waals surface area contributed by atoms with E-state index in [1.807, 2.05) is 0 Å². The first-order chi connectivity index (χ1) is 8.15. The molecule has 5 nitrogen and oxygen atoms in total. The van der Waals surface area contributed by atoms with E-state index in [4.69, 9.17) is 9.84 Å². The number of aliphatic hydroxyl groups is 1. The summed E-state index contributed by atoms with van der Waals surface area (Å²) in [5, 5.41) is 8.85. The third-order valence-electron chi connectivity index (χ3n) is 3.53. The topological polar surface area (TPSA) is 66.8 Å². The Labute approximate surface area is 100 Å². The van der Waals surface area contributed by atoms with Gasteiger partial charge in [-0.15, -0.1) is 6.58 Å². The van der Waals surface area contributed by atoms with E-state index in [9.17, 15) is 9.59 Å². The lowest BCUT2D eigenvalue weighted by Crippen LogP contribution is -2.62. The predicted octanol–water partition coefficient (Wildman–Crippen LogP) is 0.231. The summed E-state index contributed by atoms with van der Waals surface area (Å²) < 4.78 is 5.17. The average molecular weight is 239 g/mol. The Morgan fingerprint density at radius 3 is 3.00 bits per heavy atom. The number of morpholine rings is 1. The van der Waals surface area contributed by atoms with E-state index < -0.39 is 11.6 Å². The van der Waals surface area contributed by atoms with Gasteiger partial charge < -0.3 is 14.7 Å². The van der Waals surface area contributed by atoms with Gasteiger partial charge in [0, 0.05) is 19.6 Å². The lowest BCUT2D eigenvalue weighted by Gasteiger charge is -2.42. The lowest BCUT2D eigenvalue weighted by atomic mass is 9.90. The summed E-state index contributed by atoms with van der Waals surface area (Å²) in [6.45, 7) is 4.07. The molecule has 2 aliphatic heterocycles. The standard InChI is InChI=1S/C12H17NO4/c1-2-5-12-6-3-7-13(12)10(15)9(4-8-14)17-11(12)16/h2,9,14H,1,3-8H2/t9-,12-/m0/s1. The molecule has 0 radical (unpaired) electrons. The van der Waals surface area contributed by atoms with Crippen LogP contribution in [0.15, 0.2) is 12.7 Å². The smallest absolute Gasteiger partial charge is 0.333 e. The third kappa shape index (κ3) is 1.74. The van der Waals surface area contributed by atoms with Crippen molar-refractivity contribution in [1.29, 1.82) is 0 Å². The van der Waals surface area contributed by atoms with Crippen LogP contribution in [0.4, 0.5) is 0 Å². The van der Waals surface area contributed by atoms with Crippen molar-refractivity contribution in [2.75, 3.05) is 13.2 Å². The molecule has 2 saturated heterocycles. The monoisotopic (exact) mass is 239 g/mol. The normalized spacial score (nSPS) is 32.3. The summed E-state index contributed by atoms with van der Waals surface area (Å²) in [5.74, 6) is -0.536. The van der Waals surface area contributed by atoms with Gasteiger partial charge in [0.1, 0.15) is 5.54 Å². The average Bonchev–Trinajstić information content (AvgIpc) is 2.72. The molecule has 2 heterocycles. The minimum atomic E-state index is -0.829. The highest BCUT2D eigenvalue weighted by atomic mass is 16.6. The fourth-order valence-electron chi connectivity index (χ4n) is 2.71. The van der Waals surface area contributed by atoms with Gasteiger partial charge >= 0.3 is 5.97 Å². The SMILES string of the molecule is C=CC[C@@]12CCCN1C(=O)[C@H](CCO)OC2=O. The molecule has 0 aromatic rings. The number of hydrogen-bond acceptors (Lipinski definition) is 4. The highest BCUT2D eigenvalue weighted by Crippen LogP contribution is 2.38. The molecule has 0 spiro atoms. The maximum atomic E-state index is 12.1. The summed E-state index contributed by atoms with van der Waals surface area (Å²) >= 11 is 0. The molecular formula is C12H17NO4. The first-order valence-electron chi connectivity index (χ1n) is 5.90. The van der Waals surface area contributed by atoms with E-state index >= 15 is 0 Å². The van der Waals surface area contributed by atoms with Crippen LogP contribution in [0.1, 0.15) is 25.7 Å². The first-order valence-corrected chi connectivity index (χ1v) is 5.90. The molecule has 0 unspecified atom stereocenters. The molecule has 2 atom stereocenters. The number of ether oxygens (including phenoxy) is 1. The summed E-state index contributed by atoms with van der Waals surface area (Å²) in [6.07, 6.45) is 2.88. The molecule has 17 heavy (non-hydrogen) atoms. The molecule has 5 heteroatoms. The Kier molecular flexibility index (Phi) is 3.19. The van der Waals surface area contributed by atoms with Crippen LogP contribution in [0.3, 0.4) is 0 Å². The number of carbonyl (C=O) groups excluding carboxylic acids is 2. The number of hydrogen-bond donors (Lipinski definition) is 1. The molecule has 1 N–H and O–H groups in total. The Morgan fingerprint density at radius 1 is 1.59 bits per heavy atom. The van der Waals surface area contributed by atoms with Crippen molar-refractivity contribution < 1.29 is 19.4 Å². The highest BCUT2D eigenvalue weighted by Gasteiger charge is 2.55. The van der Waals surface area contributed by atoms with Crippen LogP contribution in [0.2, 0.25) is 0 Å². The van der Waals surface area contributed by atoms with E-state index in [1.54, 1.807) is 11.0 Å². The van der Waals surface area contributed by atoms with E-state index in [0.717, 1.165) is 6.42 Å². The second-order valence-electron chi connectivity index (χ2n) is 4.52. The molecule has 0 aliphatic carbocycles. The number of aliphatic hydroxyl groups excluding tert-OH is 1. The van der Waals surface area contributed by atoms with E-state index in [0.29, 0.717) is 19.4 Å². The summed E-state index contributed by atoms with van der Waals surface area (Å²) in [7, 11) is 0. The second-order valence-corrected chi connectivity index (χ2v) is 4.52. The van der Waals surface area contributed by atoms with E-state index in [2.05, 4.69) is 6.58 Å². The Morgan fingerprint density at radius 2 is 2.35 bits per heavy atom. The van der Waals surface area contributed by atoms with E-state index in [1.165, 1.54) is 0 Å². The predicted molar refractivity (Wildman–Crippen MR) is 60.1 cm³/mol. The van der Waals surface area contributed by atoms with Crippen molar-refractivity contribution in [1.82, 2.24) is 4.90 Å². The minimum Gasteiger partial charge on any atom is -0.450 e. The molecular weight excluding hydrogens is 222 g/mol. The van der Waals surface area contributed by atoms with Crippen molar-refractivity contribution in [2.24, 2.45) is 0 Å². The van der Waals surface area contributed by atoms with E-state index in [-0.39, 0.29) is 24.9 Å². The van der Waals surface area contributed by atoms with Crippen molar-refractivity contribution in [3.8, 4) is 0 Å². The fourth-order valence-corrected chi connectivity index (χ4v) is 2.71. The van der Waals surface area contributed by atoms with Gasteiger partial charge in [-0.2, -0.15) is 0 Å². The number of nitrogens with zero attached hydrogens (tertiary/aromatic N) is 1. The molecule has 0 saturated carbocycles. The second kappa shape index (κ2) is 4.49. The number of amides is 1. The van der Waals surface area contributed by atoms with Crippen LogP contribution >= 0.6 is 0 Å². The highest BCUT2D eigenvalue weighted by molar-refractivity contribution is 5.96. The van der Waals surface area contributed by atoms with Crippen LogP contribution in [-0.2, 0) is 14.3 Å². The zero-order valence-corrected chi connectivity index (χ0v) is 9.72. The zero-order valence-electron chi connectivity index (χ0n) is 9.72. The zero-order chi connectivity index (χ0) is 12.5. The Hall–Kier alpha value is -1.36. The summed E-state index contributed by atoms with van der Waals surface area (Å²) in [6, 6.07) is 0. The van der Waals surface area contributed by atoms with Gasteiger partial charge in [0.25, 0.3) is 5.91 Å². The number of rotatable bonds is 4. The molecule has 0 aromatic heterocycles. The van der Waals surface area contributed by atoms with Gasteiger partial charge in [-0.3, -0.25) is 4.79 Å². The van der Waals surface area contributed by atoms with Crippen LogP contribution in [0.25, 0.3) is 0 Å². The Balaban J connectivity index is 2.27. The van der Waals surface area contributed by atoms with Gasteiger partial charge in [-0.25, -0.2) is 4.79 Å². The van der Waals surface area contributed by atoms with Crippen molar-refractivity contribution >= 4 is 11.9 Å². The summed E-state index contributed by atoms with van der Waals surface area (Å²) in [4.78, 5) is 25.8. The number of fused-ring (bicyclic) bond motifs is 1. The Bertz CT molecular complexity index is 354. The minimum absolute atomic E-state index is 0.161. The molecule has 2 aliphatic rings. The van der Waals surface area contributed by atoms with Crippen LogP contribution in [-0.4, -0.2) is 46.7 Å². The van der Waals surface area contributed by atoms with Crippen LogP contribution < -0.4 is 0 Å². The first kappa shape index (κ1) is 12.1. The van der Waals surface area contributed by atoms with Crippen molar-refractivity contribution in [3.63, 3.8) is 0 Å². The van der Waals surface area contributed by atoms with Gasteiger partial charge in [0.2, 0.25) is 0 Å². The fraction of sp³-hybridized carbons (Fsp3) is 0.667. The molecule has 2 rings (SSSR count). The maximum Gasteiger partial charge on any atom is 0.333 e. The van der Waals surface area contributed by atoms with Gasteiger partial charge in [-0.05, 0) is 19.3 Å². The number of carbonyl (C=O) groups is 2. The third-order valence-corrected chi connectivity index (χ3v) is 3.53. The molecule has 0 bridgehead atoms. The lowest BCUT2D eigenvalue weighted by molar-refractivity contribution is -0.185. The van der Waals surface area contributed by atoms with Crippen molar-refractivity contribution in [3.05, 3.63) is 12.7 Å². The number of cyclic esters (lactones) is 1. The van der Waals surface area contributed by atoms with Crippen molar-refractivity contribution in [2.45, 2.75) is 37.3 Å².